The monoisotopic (exact) mass is 382 g/mol. The van der Waals surface area contributed by atoms with E-state index >= 15 is 0 Å². The van der Waals surface area contributed by atoms with Crippen LogP contribution in [0, 0.1) is 5.92 Å². The van der Waals surface area contributed by atoms with Crippen LogP contribution >= 0.6 is 15.9 Å². The summed E-state index contributed by atoms with van der Waals surface area (Å²) in [6.07, 6.45) is 2.74. The molecule has 0 heterocycles. The van der Waals surface area contributed by atoms with Crippen molar-refractivity contribution in [3.05, 3.63) is 34.3 Å². The molecule has 1 aliphatic carbocycles. The molecule has 0 bridgehead atoms. The number of carboxylic acid groups (broad SMARTS) is 1. The molecule has 0 saturated heterocycles. The molecule has 0 atom stereocenters. The third-order valence-corrected chi connectivity index (χ3v) is 4.83. The Balaban J connectivity index is 1.87. The lowest BCUT2D eigenvalue weighted by molar-refractivity contribution is -0.142. The lowest BCUT2D eigenvalue weighted by Crippen LogP contribution is -2.46. The Labute approximate surface area is 145 Å². The minimum atomic E-state index is -0.723. The predicted octanol–water partition coefficient (Wildman–Crippen LogP) is 3.62. The van der Waals surface area contributed by atoms with Gasteiger partial charge >= 0.3 is 12.0 Å². The van der Waals surface area contributed by atoms with E-state index < -0.39 is 5.97 Å². The van der Waals surface area contributed by atoms with Crippen LogP contribution in [0.3, 0.4) is 0 Å². The minimum Gasteiger partial charge on any atom is -0.481 e. The summed E-state index contributed by atoms with van der Waals surface area (Å²) in [5.41, 5.74) is 1.07. The first-order valence-electron chi connectivity index (χ1n) is 8.02. The summed E-state index contributed by atoms with van der Waals surface area (Å²) in [6, 6.07) is 7.92. The zero-order valence-corrected chi connectivity index (χ0v) is 14.9. The van der Waals surface area contributed by atoms with Gasteiger partial charge in [-0.1, -0.05) is 28.1 Å². The first-order valence-corrected chi connectivity index (χ1v) is 8.81. The Morgan fingerprint density at radius 1 is 1.30 bits per heavy atom. The first-order chi connectivity index (χ1) is 11.0. The number of urea groups is 1. The van der Waals surface area contributed by atoms with Crippen molar-refractivity contribution in [2.45, 2.75) is 45.2 Å². The molecule has 2 amide bonds. The van der Waals surface area contributed by atoms with E-state index in [1.165, 1.54) is 0 Å². The lowest BCUT2D eigenvalue weighted by Gasteiger charge is -2.30. The smallest absolute Gasteiger partial charge is 0.317 e. The fraction of sp³-hybridized carbons (Fsp3) is 0.529. The summed E-state index contributed by atoms with van der Waals surface area (Å²) in [7, 11) is 0. The zero-order valence-electron chi connectivity index (χ0n) is 13.3. The molecule has 2 N–H and O–H groups in total. The van der Waals surface area contributed by atoms with E-state index in [-0.39, 0.29) is 18.0 Å². The number of hydrogen-bond acceptors (Lipinski definition) is 2. The third-order valence-electron chi connectivity index (χ3n) is 4.34. The van der Waals surface area contributed by atoms with Gasteiger partial charge in [0.05, 0.1) is 5.92 Å². The molecule has 1 aromatic rings. The molecule has 0 aliphatic heterocycles. The van der Waals surface area contributed by atoms with Gasteiger partial charge < -0.3 is 15.3 Å². The molecule has 1 aromatic carbocycles. The average molecular weight is 383 g/mol. The van der Waals surface area contributed by atoms with Crippen LogP contribution in [0.25, 0.3) is 0 Å². The van der Waals surface area contributed by atoms with Gasteiger partial charge in [-0.25, -0.2) is 4.79 Å². The fourth-order valence-corrected chi connectivity index (χ4v) is 3.38. The summed E-state index contributed by atoms with van der Waals surface area (Å²) in [5.74, 6) is -0.980. The molecule has 2 rings (SSSR count). The van der Waals surface area contributed by atoms with Crippen molar-refractivity contribution < 1.29 is 14.7 Å². The quantitative estimate of drug-likeness (QED) is 0.816. The van der Waals surface area contributed by atoms with Crippen LogP contribution < -0.4 is 5.32 Å². The number of rotatable bonds is 5. The van der Waals surface area contributed by atoms with Crippen molar-refractivity contribution in [2.75, 3.05) is 6.54 Å². The summed E-state index contributed by atoms with van der Waals surface area (Å²) in [6.45, 7) is 3.15. The van der Waals surface area contributed by atoms with Gasteiger partial charge in [0.15, 0.2) is 0 Å². The Hall–Kier alpha value is -1.56. The molecular weight excluding hydrogens is 360 g/mol. The largest absolute Gasteiger partial charge is 0.481 e. The van der Waals surface area contributed by atoms with E-state index in [1.807, 2.05) is 31.2 Å². The van der Waals surface area contributed by atoms with Crippen LogP contribution in [-0.2, 0) is 11.3 Å². The molecule has 1 aliphatic rings. The van der Waals surface area contributed by atoms with Gasteiger partial charge in [0.2, 0.25) is 0 Å². The van der Waals surface area contributed by atoms with Crippen LogP contribution in [0.4, 0.5) is 4.79 Å². The van der Waals surface area contributed by atoms with E-state index in [0.717, 1.165) is 22.9 Å². The summed E-state index contributed by atoms with van der Waals surface area (Å²) in [4.78, 5) is 25.2. The highest BCUT2D eigenvalue weighted by molar-refractivity contribution is 9.10. The highest BCUT2D eigenvalue weighted by Crippen LogP contribution is 2.24. The van der Waals surface area contributed by atoms with Crippen LogP contribution in [0.1, 0.15) is 38.2 Å². The number of nitrogens with zero attached hydrogens (tertiary/aromatic N) is 1. The van der Waals surface area contributed by atoms with Crippen LogP contribution in [0.15, 0.2) is 28.7 Å². The van der Waals surface area contributed by atoms with Crippen molar-refractivity contribution in [1.29, 1.82) is 0 Å². The number of aliphatic carboxylic acids is 1. The fourth-order valence-electron chi connectivity index (χ4n) is 2.93. The number of carboxylic acids is 1. The maximum Gasteiger partial charge on any atom is 0.317 e. The Kier molecular flexibility index (Phi) is 6.45. The zero-order chi connectivity index (χ0) is 16.8. The van der Waals surface area contributed by atoms with Gasteiger partial charge in [-0.2, -0.15) is 0 Å². The van der Waals surface area contributed by atoms with E-state index in [9.17, 15) is 9.59 Å². The summed E-state index contributed by atoms with van der Waals surface area (Å²) < 4.78 is 0.999. The molecule has 1 fully saturated rings. The second-order valence-electron chi connectivity index (χ2n) is 5.98. The number of benzene rings is 1. The standard InChI is InChI=1S/C17H23BrN2O3/c1-2-20(11-12-4-3-5-14(18)10-12)17(23)19-15-8-6-13(7-9-15)16(21)22/h3-5,10,13,15H,2,6-9,11H2,1H3,(H,19,23)(H,21,22). The maximum atomic E-state index is 12.4. The molecule has 0 aromatic heterocycles. The molecule has 5 nitrogen and oxygen atoms in total. The number of hydrogen-bond donors (Lipinski definition) is 2. The first kappa shape index (κ1) is 17.8. The SMILES string of the molecule is CCN(Cc1cccc(Br)c1)C(=O)NC1CCC(C(=O)O)CC1. The van der Waals surface area contributed by atoms with Crippen LogP contribution in [0.2, 0.25) is 0 Å². The molecule has 1 saturated carbocycles. The van der Waals surface area contributed by atoms with Crippen LogP contribution in [-0.4, -0.2) is 34.6 Å². The number of halogens is 1. The second-order valence-corrected chi connectivity index (χ2v) is 6.90. The summed E-state index contributed by atoms with van der Waals surface area (Å²) in [5, 5.41) is 12.1. The number of nitrogens with one attached hydrogen (secondary N) is 1. The van der Waals surface area contributed by atoms with Crippen molar-refractivity contribution in [2.24, 2.45) is 5.92 Å². The topological polar surface area (TPSA) is 69.6 Å². The third kappa shape index (κ3) is 5.23. The van der Waals surface area contributed by atoms with Crippen molar-refractivity contribution in [1.82, 2.24) is 10.2 Å². The van der Waals surface area contributed by atoms with Gasteiger partial charge in [-0.05, 0) is 50.3 Å². The number of amides is 2. The van der Waals surface area contributed by atoms with E-state index in [4.69, 9.17) is 5.11 Å². The highest BCUT2D eigenvalue weighted by Gasteiger charge is 2.27. The van der Waals surface area contributed by atoms with Gasteiger partial charge in [0.25, 0.3) is 0 Å². The van der Waals surface area contributed by atoms with Gasteiger partial charge in [0, 0.05) is 23.6 Å². The van der Waals surface area contributed by atoms with Gasteiger partial charge in [-0.3, -0.25) is 4.79 Å². The van der Waals surface area contributed by atoms with E-state index in [2.05, 4.69) is 21.2 Å². The Bertz CT molecular complexity index is 557. The highest BCUT2D eigenvalue weighted by atomic mass is 79.9. The number of carbonyl (C=O) groups excluding carboxylic acids is 1. The molecular formula is C17H23BrN2O3. The molecule has 0 spiro atoms. The van der Waals surface area contributed by atoms with Gasteiger partial charge in [0.1, 0.15) is 0 Å². The molecule has 0 unspecified atom stereocenters. The maximum absolute atomic E-state index is 12.4. The summed E-state index contributed by atoms with van der Waals surface area (Å²) >= 11 is 3.44. The number of carbonyl (C=O) groups is 2. The van der Waals surface area contributed by atoms with Crippen molar-refractivity contribution >= 4 is 27.9 Å². The lowest BCUT2D eigenvalue weighted by atomic mass is 9.86. The normalized spacial score (nSPS) is 20.8. The molecule has 6 heteroatoms. The average Bonchev–Trinajstić information content (AvgIpc) is 2.53. The van der Waals surface area contributed by atoms with E-state index in [0.29, 0.717) is 25.9 Å². The van der Waals surface area contributed by atoms with Crippen molar-refractivity contribution in [3.8, 4) is 0 Å². The Morgan fingerprint density at radius 3 is 2.57 bits per heavy atom. The predicted molar refractivity (Wildman–Crippen MR) is 92.1 cm³/mol. The second kappa shape index (κ2) is 8.34. The molecule has 23 heavy (non-hydrogen) atoms. The van der Waals surface area contributed by atoms with Crippen molar-refractivity contribution in [3.63, 3.8) is 0 Å². The van der Waals surface area contributed by atoms with Crippen LogP contribution in [0.5, 0.6) is 0 Å². The minimum absolute atomic E-state index is 0.0775. The Morgan fingerprint density at radius 2 is 2.00 bits per heavy atom. The van der Waals surface area contributed by atoms with E-state index in [1.54, 1.807) is 4.90 Å². The van der Waals surface area contributed by atoms with Gasteiger partial charge in [-0.15, -0.1) is 0 Å². The molecule has 0 radical (unpaired) electrons. The molecule has 126 valence electrons.